The minimum atomic E-state index is 0.0726. The van der Waals surface area contributed by atoms with E-state index in [0.717, 1.165) is 19.3 Å². The molecule has 2 N–H and O–H groups in total. The molecule has 0 aliphatic carbocycles. The summed E-state index contributed by atoms with van der Waals surface area (Å²) in [6.45, 7) is 2.12. The molecule has 3 nitrogen and oxygen atoms in total. The van der Waals surface area contributed by atoms with Crippen molar-refractivity contribution in [2.24, 2.45) is 0 Å². The molecule has 1 amide bonds. The van der Waals surface area contributed by atoms with Crippen molar-refractivity contribution in [2.75, 3.05) is 0 Å². The molecule has 0 bridgehead atoms. The molecular formula is C7H12N2OSe. The summed E-state index contributed by atoms with van der Waals surface area (Å²) in [4.78, 5) is 11.2. The van der Waals surface area contributed by atoms with Crippen LogP contribution in [0.25, 0.3) is 0 Å². The Morgan fingerprint density at radius 3 is 2.91 bits per heavy atom. The average Bonchev–Trinajstić information content (AvgIpc) is 2.26. The quantitative estimate of drug-likeness (QED) is 0.675. The number of carbonyl (C=O) groups is 1. The van der Waals surface area contributed by atoms with E-state index in [4.69, 9.17) is 5.41 Å². The van der Waals surface area contributed by atoms with E-state index in [2.05, 4.69) is 12.2 Å². The van der Waals surface area contributed by atoms with Crippen LogP contribution in [0.3, 0.4) is 0 Å². The number of hydrogen-bond donors (Lipinski definition) is 2. The van der Waals surface area contributed by atoms with Crippen molar-refractivity contribution in [2.45, 2.75) is 31.0 Å². The van der Waals surface area contributed by atoms with Gasteiger partial charge in [-0.3, -0.25) is 0 Å². The molecule has 1 fully saturated rings. The van der Waals surface area contributed by atoms with Crippen LogP contribution in [0.2, 0.25) is 4.82 Å². The molecule has 1 saturated heterocycles. The van der Waals surface area contributed by atoms with Crippen LogP contribution in [-0.4, -0.2) is 25.6 Å². The van der Waals surface area contributed by atoms with Crippen molar-refractivity contribution in [3.63, 3.8) is 0 Å². The molecule has 11 heavy (non-hydrogen) atoms. The zero-order valence-corrected chi connectivity index (χ0v) is 8.23. The Balaban J connectivity index is 2.34. The predicted octanol–water partition coefficient (Wildman–Crippen LogP) is 0.734. The summed E-state index contributed by atoms with van der Waals surface area (Å²) in [7, 11) is 0. The second-order valence-corrected chi connectivity index (χ2v) is 5.11. The van der Waals surface area contributed by atoms with Crippen LogP contribution in [0.5, 0.6) is 0 Å². The van der Waals surface area contributed by atoms with Gasteiger partial charge in [0.05, 0.1) is 0 Å². The topological polar surface area (TPSA) is 53.0 Å². The summed E-state index contributed by atoms with van der Waals surface area (Å²) >= 11 is 0.0895. The number of amides is 1. The molecular weight excluding hydrogens is 207 g/mol. The van der Waals surface area contributed by atoms with E-state index in [1.54, 1.807) is 0 Å². The Kier molecular flexibility index (Phi) is 3.09. The number of hydrogen-bond acceptors (Lipinski definition) is 2. The van der Waals surface area contributed by atoms with E-state index >= 15 is 0 Å². The van der Waals surface area contributed by atoms with Crippen LogP contribution in [0, 0.1) is 5.41 Å². The third kappa shape index (κ3) is 2.31. The van der Waals surface area contributed by atoms with Crippen LogP contribution in [-0.2, 0) is 4.79 Å². The second-order valence-electron chi connectivity index (χ2n) is 2.57. The third-order valence-electron chi connectivity index (χ3n) is 1.61. The normalized spacial score (nSPS) is 23.9. The van der Waals surface area contributed by atoms with Gasteiger partial charge in [0.1, 0.15) is 0 Å². The van der Waals surface area contributed by atoms with Gasteiger partial charge in [-0.1, -0.05) is 0 Å². The molecule has 0 aromatic heterocycles. The van der Waals surface area contributed by atoms with E-state index in [1.807, 2.05) is 0 Å². The zero-order chi connectivity index (χ0) is 8.27. The molecule has 0 aromatic rings. The maximum absolute atomic E-state index is 11.1. The van der Waals surface area contributed by atoms with Crippen molar-refractivity contribution >= 4 is 25.6 Å². The summed E-state index contributed by atoms with van der Waals surface area (Å²) in [6.07, 6.45) is 3.20. The second kappa shape index (κ2) is 3.88. The van der Waals surface area contributed by atoms with Crippen molar-refractivity contribution in [3.8, 4) is 0 Å². The molecule has 1 unspecified atom stereocenters. The zero-order valence-electron chi connectivity index (χ0n) is 6.52. The number of unbranched alkanes of at least 4 members (excludes halogenated alkanes) is 1. The Labute approximate surface area is 72.6 Å². The monoisotopic (exact) mass is 220 g/mol. The molecule has 0 saturated carbocycles. The molecule has 1 rings (SSSR count). The molecule has 0 aromatic carbocycles. The molecule has 4 heteroatoms. The van der Waals surface area contributed by atoms with Crippen molar-refractivity contribution in [1.82, 2.24) is 5.32 Å². The van der Waals surface area contributed by atoms with E-state index in [0.29, 0.717) is 4.73 Å². The predicted molar refractivity (Wildman–Crippen MR) is 44.9 cm³/mol. The number of rotatable bonds is 3. The fourth-order valence-corrected chi connectivity index (χ4v) is 2.87. The first kappa shape index (κ1) is 8.75. The van der Waals surface area contributed by atoms with Crippen molar-refractivity contribution < 1.29 is 4.79 Å². The first-order valence-electron chi connectivity index (χ1n) is 3.80. The SMILES string of the molecule is CCCCC1[Se]C(=N)NC1=O. The molecule has 1 heterocycles. The Morgan fingerprint density at radius 1 is 1.73 bits per heavy atom. The van der Waals surface area contributed by atoms with Crippen LogP contribution in [0.4, 0.5) is 0 Å². The van der Waals surface area contributed by atoms with Crippen LogP contribution in [0.1, 0.15) is 26.2 Å². The summed E-state index contributed by atoms with van der Waals surface area (Å²) in [6, 6.07) is 0. The van der Waals surface area contributed by atoms with Gasteiger partial charge < -0.3 is 0 Å². The van der Waals surface area contributed by atoms with Gasteiger partial charge in [-0.15, -0.1) is 0 Å². The van der Waals surface area contributed by atoms with E-state index in [1.165, 1.54) is 0 Å². The van der Waals surface area contributed by atoms with E-state index in [9.17, 15) is 4.79 Å². The van der Waals surface area contributed by atoms with Crippen LogP contribution >= 0.6 is 0 Å². The Morgan fingerprint density at radius 2 is 2.45 bits per heavy atom. The van der Waals surface area contributed by atoms with Crippen molar-refractivity contribution in [1.29, 1.82) is 5.41 Å². The van der Waals surface area contributed by atoms with Gasteiger partial charge in [0.15, 0.2) is 0 Å². The van der Waals surface area contributed by atoms with Gasteiger partial charge in [0, 0.05) is 0 Å². The van der Waals surface area contributed by atoms with Gasteiger partial charge in [0.25, 0.3) is 0 Å². The van der Waals surface area contributed by atoms with E-state index in [-0.39, 0.29) is 25.7 Å². The third-order valence-corrected chi connectivity index (χ3v) is 3.86. The molecule has 1 aliphatic rings. The summed E-state index contributed by atoms with van der Waals surface area (Å²) in [5.41, 5.74) is 0. The van der Waals surface area contributed by atoms with Gasteiger partial charge in [-0.25, -0.2) is 0 Å². The minimum absolute atomic E-state index is 0.0726. The first-order chi connectivity index (χ1) is 5.24. The maximum atomic E-state index is 11.1. The van der Waals surface area contributed by atoms with Crippen molar-refractivity contribution in [3.05, 3.63) is 0 Å². The average molecular weight is 219 g/mol. The molecule has 62 valence electrons. The standard InChI is InChI=1S/C7H12N2OSe/c1-2-3-4-5-6(10)9-7(8)11-5/h5H,2-4H2,1H3,(H2,8,9,10). The molecule has 1 atom stereocenters. The molecule has 0 spiro atoms. The summed E-state index contributed by atoms with van der Waals surface area (Å²) < 4.78 is 0.448. The van der Waals surface area contributed by atoms with Gasteiger partial charge in [0.2, 0.25) is 0 Å². The molecule has 1 aliphatic heterocycles. The van der Waals surface area contributed by atoms with E-state index < -0.39 is 0 Å². The van der Waals surface area contributed by atoms with Gasteiger partial charge in [-0.05, 0) is 0 Å². The van der Waals surface area contributed by atoms with Gasteiger partial charge >= 0.3 is 72.1 Å². The fraction of sp³-hybridized carbons (Fsp3) is 0.714. The van der Waals surface area contributed by atoms with Gasteiger partial charge in [-0.2, -0.15) is 0 Å². The van der Waals surface area contributed by atoms with Crippen LogP contribution < -0.4 is 5.32 Å². The Bertz CT molecular complexity index is 181. The Hall–Kier alpha value is -0.341. The first-order valence-corrected chi connectivity index (χ1v) is 5.64. The summed E-state index contributed by atoms with van der Waals surface area (Å²) in [5, 5.41) is 9.79. The number of nitrogens with one attached hydrogen (secondary N) is 2. The summed E-state index contributed by atoms with van der Waals surface area (Å²) in [5.74, 6) is 0.0726. The number of amidine groups is 1. The number of carbonyl (C=O) groups excluding carboxylic acids is 1. The molecule has 0 radical (unpaired) electrons. The fourth-order valence-electron chi connectivity index (χ4n) is 0.997. The van der Waals surface area contributed by atoms with Crippen LogP contribution in [0.15, 0.2) is 0 Å².